The molecule has 7 nitrogen and oxygen atoms in total. The van der Waals surface area contributed by atoms with E-state index in [9.17, 15) is 13.2 Å². The predicted molar refractivity (Wildman–Crippen MR) is 89.4 cm³/mol. The highest BCUT2D eigenvalue weighted by atomic mass is 32.2. The van der Waals surface area contributed by atoms with Crippen molar-refractivity contribution in [3.63, 3.8) is 0 Å². The number of ether oxygens (including phenoxy) is 2. The maximum Gasteiger partial charge on any atom is 0.248 e. The average molecular weight is 356 g/mol. The zero-order valence-electron chi connectivity index (χ0n) is 14.0. The first-order chi connectivity index (χ1) is 11.5. The summed E-state index contributed by atoms with van der Waals surface area (Å²) in [7, 11) is -2.09. The van der Waals surface area contributed by atoms with E-state index >= 15 is 0 Å². The van der Waals surface area contributed by atoms with E-state index in [1.807, 2.05) is 6.92 Å². The molecule has 1 heterocycles. The first-order valence-corrected chi connectivity index (χ1v) is 9.46. The van der Waals surface area contributed by atoms with Gasteiger partial charge < -0.3 is 14.4 Å². The summed E-state index contributed by atoms with van der Waals surface area (Å²) in [6.45, 7) is 3.51. The lowest BCUT2D eigenvalue weighted by Crippen LogP contribution is -2.47. The third-order valence-corrected chi connectivity index (χ3v) is 5.42. The summed E-state index contributed by atoms with van der Waals surface area (Å²) in [5.41, 5.74) is 0. The van der Waals surface area contributed by atoms with Crippen LogP contribution in [0.4, 0.5) is 0 Å². The normalized spacial score (nSPS) is 16.2. The molecule has 0 saturated carbocycles. The fourth-order valence-electron chi connectivity index (χ4n) is 2.63. The van der Waals surface area contributed by atoms with Crippen LogP contribution in [0.25, 0.3) is 0 Å². The van der Waals surface area contributed by atoms with E-state index in [1.54, 1.807) is 17.0 Å². The smallest absolute Gasteiger partial charge is 0.248 e. The third-order valence-electron chi connectivity index (χ3n) is 3.88. The fourth-order valence-corrected chi connectivity index (χ4v) is 3.94. The standard InChI is InChI=1S/C16H24N2O5S/c1-3-23-14-4-6-15(7-5-14)24(20,21)17-13-8-10-18(11-9-13)16(19)12-22-2/h4-7,13,17H,3,8-12H2,1-2H3. The van der Waals surface area contributed by atoms with Gasteiger partial charge in [-0.2, -0.15) is 0 Å². The van der Waals surface area contributed by atoms with Gasteiger partial charge in [0.1, 0.15) is 12.4 Å². The van der Waals surface area contributed by atoms with Crippen LogP contribution < -0.4 is 9.46 Å². The van der Waals surface area contributed by atoms with E-state index in [-0.39, 0.29) is 23.5 Å². The largest absolute Gasteiger partial charge is 0.494 e. The molecule has 134 valence electrons. The summed E-state index contributed by atoms with van der Waals surface area (Å²) in [5, 5.41) is 0. The highest BCUT2D eigenvalue weighted by Gasteiger charge is 2.26. The van der Waals surface area contributed by atoms with Gasteiger partial charge in [0.15, 0.2) is 0 Å². The lowest BCUT2D eigenvalue weighted by Gasteiger charge is -2.32. The maximum absolute atomic E-state index is 12.4. The predicted octanol–water partition coefficient (Wildman–Crippen LogP) is 1.00. The van der Waals surface area contributed by atoms with Gasteiger partial charge in [-0.1, -0.05) is 0 Å². The van der Waals surface area contributed by atoms with Crippen molar-refractivity contribution < 1.29 is 22.7 Å². The van der Waals surface area contributed by atoms with E-state index in [0.717, 1.165) is 0 Å². The summed E-state index contributed by atoms with van der Waals surface area (Å²) in [5.74, 6) is 0.576. The van der Waals surface area contributed by atoms with Gasteiger partial charge in [-0.15, -0.1) is 0 Å². The van der Waals surface area contributed by atoms with E-state index in [0.29, 0.717) is 38.3 Å². The number of nitrogens with one attached hydrogen (secondary N) is 1. The summed E-state index contributed by atoms with van der Waals surface area (Å²) in [6.07, 6.45) is 1.18. The number of sulfonamides is 1. The molecule has 8 heteroatoms. The number of nitrogens with zero attached hydrogens (tertiary/aromatic N) is 1. The molecule has 1 aromatic carbocycles. The Morgan fingerprint density at radius 1 is 1.25 bits per heavy atom. The number of benzene rings is 1. The van der Waals surface area contributed by atoms with Gasteiger partial charge in [-0.3, -0.25) is 4.79 Å². The Morgan fingerprint density at radius 3 is 2.42 bits per heavy atom. The first-order valence-electron chi connectivity index (χ1n) is 7.98. The summed E-state index contributed by atoms with van der Waals surface area (Å²) in [6, 6.07) is 6.18. The molecule has 0 unspecified atom stereocenters. The number of carbonyl (C=O) groups is 1. The monoisotopic (exact) mass is 356 g/mol. The molecule has 2 rings (SSSR count). The van der Waals surface area contributed by atoms with Crippen LogP contribution in [0.5, 0.6) is 5.75 Å². The second-order valence-corrected chi connectivity index (χ2v) is 7.33. The Kier molecular flexibility index (Phi) is 6.59. The molecule has 1 aliphatic rings. The number of rotatable bonds is 7. The molecular formula is C16H24N2O5S. The molecule has 0 aliphatic carbocycles. The minimum atomic E-state index is -3.57. The highest BCUT2D eigenvalue weighted by molar-refractivity contribution is 7.89. The van der Waals surface area contributed by atoms with Crippen LogP contribution in [0, 0.1) is 0 Å². The van der Waals surface area contributed by atoms with Gasteiger partial charge >= 0.3 is 0 Å². The van der Waals surface area contributed by atoms with Crippen LogP contribution in [0.2, 0.25) is 0 Å². The highest BCUT2D eigenvalue weighted by Crippen LogP contribution is 2.18. The van der Waals surface area contributed by atoms with Crippen LogP contribution in [-0.2, 0) is 19.6 Å². The maximum atomic E-state index is 12.4. The molecule has 0 radical (unpaired) electrons. The number of carbonyl (C=O) groups excluding carboxylic acids is 1. The van der Waals surface area contributed by atoms with Crippen LogP contribution in [0.3, 0.4) is 0 Å². The lowest BCUT2D eigenvalue weighted by atomic mass is 10.1. The van der Waals surface area contributed by atoms with Crippen LogP contribution >= 0.6 is 0 Å². The van der Waals surface area contributed by atoms with Crippen molar-refractivity contribution >= 4 is 15.9 Å². The van der Waals surface area contributed by atoms with Crippen molar-refractivity contribution in [2.75, 3.05) is 33.4 Å². The molecule has 0 bridgehead atoms. The molecule has 1 N–H and O–H groups in total. The molecule has 0 atom stereocenters. The second-order valence-electron chi connectivity index (χ2n) is 5.61. The fraction of sp³-hybridized carbons (Fsp3) is 0.562. The molecule has 24 heavy (non-hydrogen) atoms. The number of likely N-dealkylation sites (tertiary alicyclic amines) is 1. The Balaban J connectivity index is 1.92. The zero-order valence-corrected chi connectivity index (χ0v) is 14.8. The van der Waals surface area contributed by atoms with Gasteiger partial charge in [-0.25, -0.2) is 13.1 Å². The van der Waals surface area contributed by atoms with Crippen molar-refractivity contribution in [2.24, 2.45) is 0 Å². The Morgan fingerprint density at radius 2 is 1.88 bits per heavy atom. The molecular weight excluding hydrogens is 332 g/mol. The summed E-state index contributed by atoms with van der Waals surface area (Å²) >= 11 is 0. The molecule has 0 spiro atoms. The van der Waals surface area contributed by atoms with Gasteiger partial charge in [0.2, 0.25) is 15.9 Å². The van der Waals surface area contributed by atoms with Crippen molar-refractivity contribution in [3.8, 4) is 5.75 Å². The molecule has 1 fully saturated rings. The van der Waals surface area contributed by atoms with E-state index in [4.69, 9.17) is 9.47 Å². The second kappa shape index (κ2) is 8.46. The van der Waals surface area contributed by atoms with Gasteiger partial charge in [0.05, 0.1) is 11.5 Å². The molecule has 1 aromatic rings. The summed E-state index contributed by atoms with van der Waals surface area (Å²) < 4.78 is 37.7. The Hall–Kier alpha value is -1.64. The van der Waals surface area contributed by atoms with E-state index in [1.165, 1.54) is 19.2 Å². The van der Waals surface area contributed by atoms with E-state index < -0.39 is 10.0 Å². The van der Waals surface area contributed by atoms with Gasteiger partial charge in [0, 0.05) is 26.2 Å². The quantitative estimate of drug-likeness (QED) is 0.788. The average Bonchev–Trinajstić information content (AvgIpc) is 2.56. The van der Waals surface area contributed by atoms with Crippen molar-refractivity contribution in [2.45, 2.75) is 30.7 Å². The van der Waals surface area contributed by atoms with Crippen molar-refractivity contribution in [3.05, 3.63) is 24.3 Å². The Labute approximate surface area is 143 Å². The Bertz CT molecular complexity index is 637. The number of piperidine rings is 1. The van der Waals surface area contributed by atoms with Crippen molar-refractivity contribution in [1.29, 1.82) is 0 Å². The molecule has 1 aliphatic heterocycles. The van der Waals surface area contributed by atoms with Gasteiger partial charge in [-0.05, 0) is 44.0 Å². The minimum absolute atomic E-state index is 0.0581. The minimum Gasteiger partial charge on any atom is -0.494 e. The third kappa shape index (κ3) is 4.93. The zero-order chi connectivity index (χ0) is 17.6. The molecule has 1 amide bonds. The number of methoxy groups -OCH3 is 1. The molecule has 0 aromatic heterocycles. The summed E-state index contributed by atoms with van der Waals surface area (Å²) in [4.78, 5) is 13.7. The SMILES string of the molecule is CCOc1ccc(S(=O)(=O)NC2CCN(C(=O)COC)CC2)cc1. The molecule has 1 saturated heterocycles. The number of hydrogen-bond donors (Lipinski definition) is 1. The first kappa shape index (κ1) is 18.7. The van der Waals surface area contributed by atoms with E-state index in [2.05, 4.69) is 4.72 Å². The van der Waals surface area contributed by atoms with Crippen LogP contribution in [-0.4, -0.2) is 58.7 Å². The van der Waals surface area contributed by atoms with Gasteiger partial charge in [0.25, 0.3) is 0 Å². The topological polar surface area (TPSA) is 84.9 Å². The lowest BCUT2D eigenvalue weighted by molar-refractivity contribution is -0.136. The number of hydrogen-bond acceptors (Lipinski definition) is 5. The van der Waals surface area contributed by atoms with Crippen LogP contribution in [0.15, 0.2) is 29.2 Å². The van der Waals surface area contributed by atoms with Crippen molar-refractivity contribution in [1.82, 2.24) is 9.62 Å². The number of amides is 1. The van der Waals surface area contributed by atoms with Crippen LogP contribution in [0.1, 0.15) is 19.8 Å².